The summed E-state index contributed by atoms with van der Waals surface area (Å²) in [5.74, 6) is 7.67. The number of benzene rings is 1. The fourth-order valence-electron chi connectivity index (χ4n) is 4.89. The van der Waals surface area contributed by atoms with Gasteiger partial charge in [0.05, 0.1) is 0 Å². The van der Waals surface area contributed by atoms with Gasteiger partial charge < -0.3 is 15.6 Å². The average molecular weight is 528 g/mol. The summed E-state index contributed by atoms with van der Waals surface area (Å²) < 4.78 is 15.1. The maximum Gasteiger partial charge on any atom is 0.318 e. The zero-order valence-electron chi connectivity index (χ0n) is 22.7. The van der Waals surface area contributed by atoms with Crippen molar-refractivity contribution in [1.29, 1.82) is 0 Å². The number of urea groups is 1. The number of amidine groups is 1. The number of nitrogens with zero attached hydrogens (tertiary/aromatic N) is 3. The molecule has 9 heteroatoms. The number of amides is 3. The molecule has 0 aliphatic carbocycles. The molecule has 3 N–H and O–H groups in total. The lowest BCUT2D eigenvalue weighted by Gasteiger charge is -2.35. The molecule has 0 radical (unpaired) electrons. The molecule has 1 unspecified atom stereocenters. The van der Waals surface area contributed by atoms with Crippen molar-refractivity contribution in [1.82, 2.24) is 9.62 Å². The van der Waals surface area contributed by atoms with E-state index in [1.807, 2.05) is 30.3 Å². The molecular formula is C28H41N5O3S. The summed E-state index contributed by atoms with van der Waals surface area (Å²) >= 11 is -1.14. The molecule has 2 aliphatic heterocycles. The Labute approximate surface area is 224 Å². The highest BCUT2D eigenvalue weighted by Crippen LogP contribution is 2.32. The van der Waals surface area contributed by atoms with E-state index in [0.717, 1.165) is 66.7 Å². The number of aryl methyl sites for hydroxylation is 2. The van der Waals surface area contributed by atoms with Gasteiger partial charge in [0, 0.05) is 62.9 Å². The van der Waals surface area contributed by atoms with Gasteiger partial charge >= 0.3 is 6.03 Å². The van der Waals surface area contributed by atoms with Gasteiger partial charge in [0.25, 0.3) is 5.91 Å². The maximum atomic E-state index is 13.1. The highest BCUT2D eigenvalue weighted by atomic mass is 32.2. The molecule has 0 saturated carbocycles. The molecule has 37 heavy (non-hydrogen) atoms. The smallest absolute Gasteiger partial charge is 0.318 e. The van der Waals surface area contributed by atoms with Crippen LogP contribution in [0.1, 0.15) is 75.0 Å². The number of unbranched alkanes of at least 4 members (excludes halogenated alkanes) is 3. The molecule has 0 aromatic heterocycles. The molecule has 2 aliphatic rings. The summed E-state index contributed by atoms with van der Waals surface area (Å²) in [6, 6.07) is 3.37. The van der Waals surface area contributed by atoms with Gasteiger partial charge in [-0.2, -0.15) is 0 Å². The van der Waals surface area contributed by atoms with Crippen molar-refractivity contribution < 1.29 is 14.1 Å². The molecular weight excluding hydrogens is 486 g/mol. The van der Waals surface area contributed by atoms with Crippen molar-refractivity contribution in [3.8, 4) is 11.8 Å². The standard InChI is InChI=1S/C28H41N5O3S/c1-5-6-7-8-9-10-11-12-25-30-26(34)28(31-25)14-16-33(17-15-28)37(36)18-13-24-21(2)19-23(20-22(24)3)32(4)27(29)35/h19-20H,5-7,10-18H2,1-4H3,(H2,29,35)(H,30,31,34). The third-order valence-corrected chi connectivity index (χ3v) is 8.78. The molecule has 1 aromatic carbocycles. The van der Waals surface area contributed by atoms with Crippen LogP contribution in [0.25, 0.3) is 0 Å². The fraction of sp³-hybridized carbons (Fsp3) is 0.607. The first-order chi connectivity index (χ1) is 17.7. The minimum atomic E-state index is -1.14. The molecule has 1 spiro atoms. The lowest BCUT2D eigenvalue weighted by Crippen LogP contribution is -2.50. The van der Waals surface area contributed by atoms with Crippen molar-refractivity contribution in [3.63, 3.8) is 0 Å². The van der Waals surface area contributed by atoms with E-state index in [0.29, 0.717) is 38.1 Å². The number of hydrogen-bond donors (Lipinski definition) is 2. The summed E-state index contributed by atoms with van der Waals surface area (Å²) in [5, 5.41) is 2.98. The fourth-order valence-corrected chi connectivity index (χ4v) is 6.12. The van der Waals surface area contributed by atoms with Crippen molar-refractivity contribution in [2.45, 2.75) is 84.1 Å². The zero-order chi connectivity index (χ0) is 27.0. The van der Waals surface area contributed by atoms with Gasteiger partial charge in [-0.15, -0.1) is 16.1 Å². The largest absolute Gasteiger partial charge is 0.598 e. The van der Waals surface area contributed by atoms with Crippen molar-refractivity contribution >= 4 is 34.8 Å². The van der Waals surface area contributed by atoms with Crippen LogP contribution in [0.3, 0.4) is 0 Å². The quantitative estimate of drug-likeness (QED) is 0.274. The minimum absolute atomic E-state index is 0.0192. The van der Waals surface area contributed by atoms with E-state index in [2.05, 4.69) is 24.1 Å². The second-order valence-electron chi connectivity index (χ2n) is 10.0. The monoisotopic (exact) mass is 527 g/mol. The second kappa shape index (κ2) is 13.3. The molecule has 1 aromatic rings. The first-order valence-electron chi connectivity index (χ1n) is 13.3. The Balaban J connectivity index is 1.49. The van der Waals surface area contributed by atoms with E-state index >= 15 is 0 Å². The Hall–Kier alpha value is -2.54. The number of aliphatic imine (C=N–C) groups is 1. The number of rotatable bonds is 10. The molecule has 202 valence electrons. The van der Waals surface area contributed by atoms with Crippen LogP contribution in [-0.2, 0) is 22.6 Å². The van der Waals surface area contributed by atoms with E-state index < -0.39 is 22.9 Å². The second-order valence-corrected chi connectivity index (χ2v) is 11.6. The Morgan fingerprint density at radius 2 is 1.81 bits per heavy atom. The topological polar surface area (TPSA) is 114 Å². The Morgan fingerprint density at radius 3 is 2.41 bits per heavy atom. The highest BCUT2D eigenvalue weighted by molar-refractivity contribution is 7.89. The number of piperidine rings is 1. The van der Waals surface area contributed by atoms with Crippen molar-refractivity contribution in [2.75, 3.05) is 30.8 Å². The van der Waals surface area contributed by atoms with Crippen LogP contribution in [0.4, 0.5) is 10.5 Å². The van der Waals surface area contributed by atoms with Crippen LogP contribution in [0.2, 0.25) is 0 Å². The molecule has 1 fully saturated rings. The maximum absolute atomic E-state index is 13.1. The third-order valence-electron chi connectivity index (χ3n) is 7.29. The number of carbonyl (C=O) groups is 2. The molecule has 3 rings (SSSR count). The van der Waals surface area contributed by atoms with Gasteiger partial charge in [0.2, 0.25) is 0 Å². The first kappa shape index (κ1) is 29.0. The molecule has 1 saturated heterocycles. The van der Waals surface area contributed by atoms with Gasteiger partial charge in [-0.3, -0.25) is 14.7 Å². The van der Waals surface area contributed by atoms with E-state index in [9.17, 15) is 14.1 Å². The summed E-state index contributed by atoms with van der Waals surface area (Å²) in [5.41, 5.74) is 8.68. The number of primary amides is 1. The first-order valence-corrected chi connectivity index (χ1v) is 14.6. The Morgan fingerprint density at radius 1 is 1.19 bits per heavy atom. The van der Waals surface area contributed by atoms with E-state index in [1.54, 1.807) is 7.05 Å². The number of anilines is 1. The normalized spacial score (nSPS) is 17.6. The predicted octanol–water partition coefficient (Wildman–Crippen LogP) is 3.75. The zero-order valence-corrected chi connectivity index (χ0v) is 23.5. The van der Waals surface area contributed by atoms with Crippen molar-refractivity contribution in [3.05, 3.63) is 28.8 Å². The minimum Gasteiger partial charge on any atom is -0.598 e. The number of carbonyl (C=O) groups excluding carboxylic acids is 2. The van der Waals surface area contributed by atoms with Crippen LogP contribution in [0.15, 0.2) is 17.1 Å². The highest BCUT2D eigenvalue weighted by Gasteiger charge is 2.47. The molecule has 2 heterocycles. The van der Waals surface area contributed by atoms with Crippen molar-refractivity contribution in [2.24, 2.45) is 10.7 Å². The molecule has 0 bridgehead atoms. The number of nitrogens with two attached hydrogens (primary N) is 1. The summed E-state index contributed by atoms with van der Waals surface area (Å²) in [6.45, 7) is 7.33. The molecule has 1 atom stereocenters. The van der Waals surface area contributed by atoms with Crippen LogP contribution in [0.5, 0.6) is 0 Å². The average Bonchev–Trinajstić information content (AvgIpc) is 3.16. The van der Waals surface area contributed by atoms with Crippen LogP contribution in [0, 0.1) is 25.7 Å². The van der Waals surface area contributed by atoms with E-state index in [1.165, 1.54) is 4.90 Å². The van der Waals surface area contributed by atoms with Crippen LogP contribution < -0.4 is 16.0 Å². The summed E-state index contributed by atoms with van der Waals surface area (Å²) in [6.07, 6.45) is 7.54. The predicted molar refractivity (Wildman–Crippen MR) is 151 cm³/mol. The lowest BCUT2D eigenvalue weighted by molar-refractivity contribution is -0.124. The van der Waals surface area contributed by atoms with Crippen LogP contribution >= 0.6 is 0 Å². The third kappa shape index (κ3) is 7.50. The SMILES string of the molecule is CCCCC#CCCCC1=NC2(CCN([S+]([O-])CCc3c(C)cc(N(C)C(N)=O)cc3C)CC2)C(=O)N1. The Bertz CT molecular complexity index is 1050. The molecule has 3 amide bonds. The Kier molecular flexibility index (Phi) is 10.4. The van der Waals surface area contributed by atoms with Gasteiger partial charge in [-0.05, 0) is 68.4 Å². The molecule has 8 nitrogen and oxygen atoms in total. The number of nitrogens with one attached hydrogen (secondary N) is 1. The van der Waals surface area contributed by atoms with Gasteiger partial charge in [0.15, 0.2) is 0 Å². The van der Waals surface area contributed by atoms with E-state index in [4.69, 9.17) is 10.7 Å². The van der Waals surface area contributed by atoms with E-state index in [-0.39, 0.29) is 5.91 Å². The van der Waals surface area contributed by atoms with Crippen LogP contribution in [-0.4, -0.2) is 58.1 Å². The van der Waals surface area contributed by atoms with Gasteiger partial charge in [0.1, 0.15) is 17.1 Å². The summed E-state index contributed by atoms with van der Waals surface area (Å²) in [7, 11) is 1.65. The lowest BCUT2D eigenvalue weighted by atomic mass is 9.89. The summed E-state index contributed by atoms with van der Waals surface area (Å²) in [4.78, 5) is 30.5. The van der Waals surface area contributed by atoms with Gasteiger partial charge in [-0.25, -0.2) is 4.79 Å². The van der Waals surface area contributed by atoms with Gasteiger partial charge in [-0.1, -0.05) is 13.3 Å². The number of hydrogen-bond acceptors (Lipinski definition) is 5.